The average molecular weight is 349 g/mol. The van der Waals surface area contributed by atoms with Crippen molar-refractivity contribution in [1.82, 2.24) is 9.97 Å². The van der Waals surface area contributed by atoms with E-state index >= 15 is 0 Å². The Morgan fingerprint density at radius 3 is 2.44 bits per heavy atom. The molecule has 0 unspecified atom stereocenters. The zero-order valence-electron chi connectivity index (χ0n) is 15.3. The highest BCUT2D eigenvalue weighted by molar-refractivity contribution is 6.36. The van der Waals surface area contributed by atoms with Crippen LogP contribution < -0.4 is 0 Å². The Hall–Kier alpha value is -3.46. The molecule has 0 fully saturated rings. The number of rotatable bonds is 2. The molecule has 5 rings (SSSR count). The number of hydrogen-bond donors (Lipinski definition) is 1. The van der Waals surface area contributed by atoms with Crippen LogP contribution >= 0.6 is 0 Å². The number of allylic oxidation sites excluding steroid dienone is 1. The molecule has 3 heterocycles. The summed E-state index contributed by atoms with van der Waals surface area (Å²) in [6.07, 6.45) is 3.71. The first-order valence-electron chi connectivity index (χ1n) is 9.11. The van der Waals surface area contributed by atoms with E-state index in [1.807, 2.05) is 18.5 Å². The van der Waals surface area contributed by atoms with Gasteiger partial charge in [0.1, 0.15) is 0 Å². The van der Waals surface area contributed by atoms with Gasteiger partial charge in [-0.15, -0.1) is 0 Å². The zero-order valence-corrected chi connectivity index (χ0v) is 15.3. The number of aromatic nitrogens is 2. The molecular formula is C24H19N3. The van der Waals surface area contributed by atoms with Crippen molar-refractivity contribution in [2.75, 3.05) is 0 Å². The molecule has 2 aromatic heterocycles. The van der Waals surface area contributed by atoms with Crippen LogP contribution in [0.25, 0.3) is 22.0 Å². The smallest absolute Gasteiger partial charge is 0.0712 e. The van der Waals surface area contributed by atoms with Gasteiger partial charge in [-0.2, -0.15) is 0 Å². The average Bonchev–Trinajstić information content (AvgIpc) is 3.20. The van der Waals surface area contributed by atoms with Gasteiger partial charge in [0.15, 0.2) is 0 Å². The lowest BCUT2D eigenvalue weighted by molar-refractivity contribution is 1.28. The molecular weight excluding hydrogens is 330 g/mol. The Morgan fingerprint density at radius 2 is 1.59 bits per heavy atom. The van der Waals surface area contributed by atoms with Gasteiger partial charge in [-0.25, -0.2) is 0 Å². The Kier molecular flexibility index (Phi) is 3.54. The number of hydrogen-bond acceptors (Lipinski definition) is 2. The molecule has 4 aromatic rings. The number of nitrogens with zero attached hydrogens (tertiary/aromatic N) is 2. The van der Waals surface area contributed by atoms with Gasteiger partial charge < -0.3 is 4.98 Å². The second-order valence-electron chi connectivity index (χ2n) is 6.87. The van der Waals surface area contributed by atoms with E-state index in [0.717, 1.165) is 28.2 Å². The zero-order chi connectivity index (χ0) is 18.4. The number of aryl methyl sites for hydroxylation is 1. The van der Waals surface area contributed by atoms with Crippen LogP contribution in [0.3, 0.4) is 0 Å². The molecule has 1 aliphatic heterocycles. The van der Waals surface area contributed by atoms with Gasteiger partial charge in [0.2, 0.25) is 0 Å². The maximum atomic E-state index is 4.83. The maximum absolute atomic E-state index is 4.83. The highest BCUT2D eigenvalue weighted by Crippen LogP contribution is 2.44. The lowest BCUT2D eigenvalue weighted by Gasteiger charge is -2.15. The van der Waals surface area contributed by atoms with Crippen LogP contribution in [-0.4, -0.2) is 15.7 Å². The normalized spacial score (nSPS) is 15.0. The number of aromatic amines is 1. The van der Waals surface area contributed by atoms with Crippen LogP contribution in [-0.2, 0) is 0 Å². The lowest BCUT2D eigenvalue weighted by atomic mass is 9.87. The van der Waals surface area contributed by atoms with Crippen molar-refractivity contribution in [1.29, 1.82) is 0 Å². The molecule has 2 aromatic carbocycles. The first-order valence-corrected chi connectivity index (χ1v) is 9.11. The minimum Gasteiger partial charge on any atom is -0.358 e. The molecule has 0 saturated heterocycles. The van der Waals surface area contributed by atoms with E-state index in [9.17, 15) is 0 Å². The van der Waals surface area contributed by atoms with Crippen LogP contribution in [0, 0.1) is 6.92 Å². The molecule has 0 aliphatic carbocycles. The summed E-state index contributed by atoms with van der Waals surface area (Å²) in [6.45, 7) is 4.24. The molecule has 1 N–H and O–H groups in total. The standard InChI is InChI=1S/C24H19N3/c1-15-22(18-7-3-5-9-20(18)26-15)24(17-11-13-25-14-12-17)23-16(2)27-21-10-6-4-8-19(21)23/h3-14,26H,1-2H3. The number of pyridine rings is 1. The Labute approximate surface area is 158 Å². The fourth-order valence-corrected chi connectivity index (χ4v) is 4.06. The van der Waals surface area contributed by atoms with Crippen LogP contribution in [0.5, 0.6) is 0 Å². The van der Waals surface area contributed by atoms with Gasteiger partial charge in [0.05, 0.1) is 5.69 Å². The molecule has 0 saturated carbocycles. The first-order chi connectivity index (χ1) is 13.2. The molecule has 27 heavy (non-hydrogen) atoms. The van der Waals surface area contributed by atoms with Crippen molar-refractivity contribution < 1.29 is 0 Å². The molecule has 1 aliphatic rings. The quantitative estimate of drug-likeness (QED) is 0.478. The monoisotopic (exact) mass is 349 g/mol. The summed E-state index contributed by atoms with van der Waals surface area (Å²) in [4.78, 5) is 12.6. The van der Waals surface area contributed by atoms with Gasteiger partial charge in [0.25, 0.3) is 0 Å². The van der Waals surface area contributed by atoms with E-state index in [4.69, 9.17) is 4.99 Å². The summed E-state index contributed by atoms with van der Waals surface area (Å²) in [5, 5.41) is 1.23. The number of aliphatic imine (C=N–C) groups is 1. The summed E-state index contributed by atoms with van der Waals surface area (Å²) in [6, 6.07) is 21.0. The van der Waals surface area contributed by atoms with Crippen molar-refractivity contribution in [2.45, 2.75) is 13.8 Å². The summed E-state index contributed by atoms with van der Waals surface area (Å²) in [5.41, 5.74) is 10.4. The van der Waals surface area contributed by atoms with E-state index < -0.39 is 0 Å². The van der Waals surface area contributed by atoms with Crippen molar-refractivity contribution >= 4 is 33.4 Å². The third-order valence-corrected chi connectivity index (χ3v) is 5.19. The van der Waals surface area contributed by atoms with E-state index in [0.29, 0.717) is 0 Å². The molecule has 0 radical (unpaired) electrons. The molecule has 0 bridgehead atoms. The van der Waals surface area contributed by atoms with Crippen molar-refractivity contribution in [3.05, 3.63) is 95.4 Å². The van der Waals surface area contributed by atoms with Gasteiger partial charge in [-0.1, -0.05) is 36.4 Å². The molecule has 0 atom stereocenters. The Balaban J connectivity index is 1.93. The van der Waals surface area contributed by atoms with Crippen LogP contribution in [0.15, 0.2) is 78.0 Å². The van der Waals surface area contributed by atoms with Gasteiger partial charge in [-0.05, 0) is 43.7 Å². The predicted molar refractivity (Wildman–Crippen MR) is 112 cm³/mol. The fourth-order valence-electron chi connectivity index (χ4n) is 4.06. The van der Waals surface area contributed by atoms with Crippen molar-refractivity contribution in [3.63, 3.8) is 0 Å². The second-order valence-corrected chi connectivity index (χ2v) is 6.87. The van der Waals surface area contributed by atoms with Crippen LogP contribution in [0.4, 0.5) is 5.69 Å². The maximum Gasteiger partial charge on any atom is 0.0712 e. The van der Waals surface area contributed by atoms with Gasteiger partial charge in [0, 0.05) is 57.0 Å². The molecule has 0 amide bonds. The molecule has 3 nitrogen and oxygen atoms in total. The largest absolute Gasteiger partial charge is 0.358 e. The predicted octanol–water partition coefficient (Wildman–Crippen LogP) is 5.94. The highest BCUT2D eigenvalue weighted by Gasteiger charge is 2.25. The number of fused-ring (bicyclic) bond motifs is 2. The number of H-pyrrole nitrogens is 1. The van der Waals surface area contributed by atoms with E-state index in [2.05, 4.69) is 78.4 Å². The Bertz CT molecular complexity index is 1230. The van der Waals surface area contributed by atoms with Gasteiger partial charge >= 0.3 is 0 Å². The van der Waals surface area contributed by atoms with E-state index in [-0.39, 0.29) is 0 Å². The Morgan fingerprint density at radius 1 is 0.852 bits per heavy atom. The lowest BCUT2D eigenvalue weighted by Crippen LogP contribution is -2.00. The SMILES string of the molecule is CC1=Nc2ccccc2C1=C(c1ccncc1)c1c(C)[nH]c2ccccc12. The second kappa shape index (κ2) is 6.06. The number of benzene rings is 2. The number of nitrogens with one attached hydrogen (secondary N) is 1. The van der Waals surface area contributed by atoms with Crippen molar-refractivity contribution in [3.8, 4) is 0 Å². The fraction of sp³-hybridized carbons (Fsp3) is 0.0833. The summed E-state index contributed by atoms with van der Waals surface area (Å²) in [7, 11) is 0. The van der Waals surface area contributed by atoms with E-state index in [1.165, 1.54) is 27.7 Å². The first kappa shape index (κ1) is 15.8. The minimum absolute atomic E-state index is 1.04. The summed E-state index contributed by atoms with van der Waals surface area (Å²) >= 11 is 0. The van der Waals surface area contributed by atoms with E-state index in [1.54, 1.807) is 0 Å². The van der Waals surface area contributed by atoms with Crippen LogP contribution in [0.2, 0.25) is 0 Å². The van der Waals surface area contributed by atoms with Gasteiger partial charge in [-0.3, -0.25) is 9.98 Å². The topological polar surface area (TPSA) is 41.0 Å². The molecule has 130 valence electrons. The third kappa shape index (κ3) is 2.43. The number of para-hydroxylation sites is 2. The highest BCUT2D eigenvalue weighted by atomic mass is 14.8. The summed E-state index contributed by atoms with van der Waals surface area (Å²) in [5.74, 6) is 0. The minimum atomic E-state index is 1.04. The summed E-state index contributed by atoms with van der Waals surface area (Å²) < 4.78 is 0. The van der Waals surface area contributed by atoms with Crippen molar-refractivity contribution in [2.24, 2.45) is 4.99 Å². The third-order valence-electron chi connectivity index (χ3n) is 5.19. The molecule has 0 spiro atoms. The van der Waals surface area contributed by atoms with Crippen LogP contribution in [0.1, 0.15) is 29.3 Å². The molecule has 3 heteroatoms.